The standard InChI is InChI=1S/C23H27ClN4O3S/c1-5-27-21-11-20(24)16(10-19(21)15(2)12-23(27,3)4)13-25-26-22(29)14-32-18-8-6-17(7-9-18)28(30)31/h6-11,13,15H,5,12,14H2,1-4H3,(H,26,29)/b25-13-. The topological polar surface area (TPSA) is 87.8 Å². The molecule has 32 heavy (non-hydrogen) atoms. The zero-order chi connectivity index (χ0) is 23.5. The van der Waals surface area contributed by atoms with Gasteiger partial charge in [0.15, 0.2) is 0 Å². The number of hydrazone groups is 1. The number of fused-ring (bicyclic) bond motifs is 1. The number of nitro groups is 1. The Morgan fingerprint density at radius 3 is 2.69 bits per heavy atom. The van der Waals surface area contributed by atoms with Crippen LogP contribution in [0.1, 0.15) is 51.2 Å². The molecule has 0 bridgehead atoms. The van der Waals surface area contributed by atoms with Gasteiger partial charge in [-0.1, -0.05) is 18.5 Å². The van der Waals surface area contributed by atoms with Crippen molar-refractivity contribution < 1.29 is 9.72 Å². The maximum atomic E-state index is 12.1. The van der Waals surface area contributed by atoms with Crippen LogP contribution in [0, 0.1) is 10.1 Å². The van der Waals surface area contributed by atoms with Crippen molar-refractivity contribution in [2.24, 2.45) is 5.10 Å². The summed E-state index contributed by atoms with van der Waals surface area (Å²) in [5.74, 6) is 0.260. The van der Waals surface area contributed by atoms with E-state index in [4.69, 9.17) is 11.6 Å². The van der Waals surface area contributed by atoms with Gasteiger partial charge >= 0.3 is 0 Å². The molecular formula is C23H27ClN4O3S. The molecule has 0 saturated carbocycles. The Kier molecular flexibility index (Phi) is 7.46. The summed E-state index contributed by atoms with van der Waals surface area (Å²) in [6, 6.07) is 10.1. The van der Waals surface area contributed by atoms with Crippen LogP contribution in [0.2, 0.25) is 5.02 Å². The molecule has 1 amide bonds. The molecule has 0 fully saturated rings. The van der Waals surface area contributed by atoms with E-state index in [1.807, 2.05) is 6.07 Å². The quantitative estimate of drug-likeness (QED) is 0.244. The normalized spacial score (nSPS) is 17.3. The predicted molar refractivity (Wildman–Crippen MR) is 131 cm³/mol. The molecule has 0 radical (unpaired) electrons. The van der Waals surface area contributed by atoms with Gasteiger partial charge in [-0.05, 0) is 62.9 Å². The van der Waals surface area contributed by atoms with Gasteiger partial charge in [-0.15, -0.1) is 11.8 Å². The van der Waals surface area contributed by atoms with Gasteiger partial charge in [-0.25, -0.2) is 5.43 Å². The molecule has 1 aliphatic rings. The van der Waals surface area contributed by atoms with E-state index in [-0.39, 0.29) is 22.9 Å². The molecule has 0 aromatic heterocycles. The number of nitrogens with zero attached hydrogens (tertiary/aromatic N) is 3. The first-order valence-corrected chi connectivity index (χ1v) is 11.8. The molecule has 7 nitrogen and oxygen atoms in total. The van der Waals surface area contributed by atoms with Crippen molar-refractivity contribution in [2.75, 3.05) is 17.2 Å². The molecule has 9 heteroatoms. The Morgan fingerprint density at radius 1 is 1.38 bits per heavy atom. The number of hydrogen-bond donors (Lipinski definition) is 1. The minimum Gasteiger partial charge on any atom is -0.366 e. The first-order valence-electron chi connectivity index (χ1n) is 10.4. The highest BCUT2D eigenvalue weighted by atomic mass is 35.5. The van der Waals surface area contributed by atoms with E-state index < -0.39 is 4.92 Å². The Balaban J connectivity index is 1.63. The lowest BCUT2D eigenvalue weighted by Crippen LogP contribution is -2.48. The van der Waals surface area contributed by atoms with Gasteiger partial charge in [0.25, 0.3) is 5.69 Å². The van der Waals surface area contributed by atoms with E-state index in [1.54, 1.807) is 18.3 Å². The molecule has 1 unspecified atom stereocenters. The fourth-order valence-electron chi connectivity index (χ4n) is 4.24. The third-order valence-corrected chi connectivity index (χ3v) is 6.97. The monoisotopic (exact) mass is 474 g/mol. The lowest BCUT2D eigenvalue weighted by Gasteiger charge is -2.47. The number of nitro benzene ring substituents is 1. The van der Waals surface area contributed by atoms with Gasteiger partial charge in [0.2, 0.25) is 5.91 Å². The highest BCUT2D eigenvalue weighted by molar-refractivity contribution is 8.00. The van der Waals surface area contributed by atoms with Crippen molar-refractivity contribution in [3.8, 4) is 0 Å². The first-order chi connectivity index (χ1) is 15.1. The van der Waals surface area contributed by atoms with E-state index in [0.29, 0.717) is 10.9 Å². The Morgan fingerprint density at radius 2 is 2.06 bits per heavy atom. The number of halogens is 1. The van der Waals surface area contributed by atoms with Crippen LogP contribution in [0.3, 0.4) is 0 Å². The molecule has 1 atom stereocenters. The third kappa shape index (κ3) is 5.42. The van der Waals surface area contributed by atoms with Crippen LogP contribution < -0.4 is 10.3 Å². The molecule has 2 aromatic rings. The fourth-order valence-corrected chi connectivity index (χ4v) is 5.14. The number of carbonyl (C=O) groups is 1. The zero-order valence-corrected chi connectivity index (χ0v) is 20.2. The van der Waals surface area contributed by atoms with E-state index in [9.17, 15) is 14.9 Å². The average molecular weight is 475 g/mol. The van der Waals surface area contributed by atoms with Crippen LogP contribution in [-0.2, 0) is 4.79 Å². The molecule has 1 heterocycles. The van der Waals surface area contributed by atoms with Crippen molar-refractivity contribution in [3.63, 3.8) is 0 Å². The number of non-ortho nitro benzene ring substituents is 1. The molecule has 0 saturated heterocycles. The first kappa shape index (κ1) is 24.1. The van der Waals surface area contributed by atoms with E-state index in [0.717, 1.165) is 29.1 Å². The largest absolute Gasteiger partial charge is 0.366 e. The van der Waals surface area contributed by atoms with Crippen LogP contribution in [0.5, 0.6) is 0 Å². The molecule has 0 aliphatic carbocycles. The lowest BCUT2D eigenvalue weighted by atomic mass is 9.79. The van der Waals surface area contributed by atoms with Crippen LogP contribution in [0.4, 0.5) is 11.4 Å². The average Bonchev–Trinajstić information content (AvgIpc) is 2.73. The fraction of sp³-hybridized carbons (Fsp3) is 0.391. The molecular weight excluding hydrogens is 448 g/mol. The number of nitrogens with one attached hydrogen (secondary N) is 1. The summed E-state index contributed by atoms with van der Waals surface area (Å²) in [7, 11) is 0. The molecule has 2 aromatic carbocycles. The van der Waals surface area contributed by atoms with Gasteiger partial charge < -0.3 is 4.90 Å². The van der Waals surface area contributed by atoms with E-state index in [2.05, 4.69) is 49.2 Å². The number of amides is 1. The maximum absolute atomic E-state index is 12.1. The maximum Gasteiger partial charge on any atom is 0.269 e. The summed E-state index contributed by atoms with van der Waals surface area (Å²) in [6.45, 7) is 9.78. The second-order valence-electron chi connectivity index (χ2n) is 8.43. The van der Waals surface area contributed by atoms with Gasteiger partial charge in [0.05, 0.1) is 21.9 Å². The van der Waals surface area contributed by atoms with E-state index >= 15 is 0 Å². The van der Waals surface area contributed by atoms with Gasteiger partial charge in [0, 0.05) is 40.4 Å². The van der Waals surface area contributed by atoms with Crippen molar-refractivity contribution in [1.82, 2.24) is 5.43 Å². The van der Waals surface area contributed by atoms with Crippen molar-refractivity contribution >= 4 is 46.9 Å². The van der Waals surface area contributed by atoms with Crippen molar-refractivity contribution in [3.05, 3.63) is 62.7 Å². The number of thioether (sulfide) groups is 1. The summed E-state index contributed by atoms with van der Waals surface area (Å²) >= 11 is 7.81. The summed E-state index contributed by atoms with van der Waals surface area (Å²) in [5.41, 5.74) is 5.75. The Hall–Kier alpha value is -2.58. The highest BCUT2D eigenvalue weighted by Crippen LogP contribution is 2.44. The smallest absolute Gasteiger partial charge is 0.269 e. The SMILES string of the molecule is CCN1c2cc(Cl)c(/C=N\NC(=O)CSc3ccc([N+](=O)[O-])cc3)cc2C(C)CC1(C)C. The molecule has 1 N–H and O–H groups in total. The number of carbonyl (C=O) groups excluding carboxylic acids is 1. The highest BCUT2D eigenvalue weighted by Gasteiger charge is 2.35. The van der Waals surface area contributed by atoms with Gasteiger partial charge in [-0.2, -0.15) is 5.10 Å². The Labute approximate surface area is 197 Å². The molecule has 1 aliphatic heterocycles. The van der Waals surface area contributed by atoms with Crippen LogP contribution in [-0.4, -0.2) is 34.9 Å². The lowest BCUT2D eigenvalue weighted by molar-refractivity contribution is -0.384. The summed E-state index contributed by atoms with van der Waals surface area (Å²) in [4.78, 5) is 25.5. The summed E-state index contributed by atoms with van der Waals surface area (Å²) < 4.78 is 0. The van der Waals surface area contributed by atoms with Crippen molar-refractivity contribution in [2.45, 2.75) is 50.5 Å². The predicted octanol–water partition coefficient (Wildman–Crippen LogP) is 5.60. The third-order valence-electron chi connectivity index (χ3n) is 5.63. The molecule has 170 valence electrons. The Bertz CT molecular complexity index is 1040. The van der Waals surface area contributed by atoms with E-state index in [1.165, 1.54) is 29.5 Å². The minimum absolute atomic E-state index is 0.0188. The van der Waals surface area contributed by atoms with Crippen LogP contribution in [0.25, 0.3) is 0 Å². The minimum atomic E-state index is -0.455. The second-order valence-corrected chi connectivity index (χ2v) is 9.88. The van der Waals surface area contributed by atoms with Gasteiger partial charge in [-0.3, -0.25) is 14.9 Å². The summed E-state index contributed by atoms with van der Waals surface area (Å²) in [6.07, 6.45) is 2.61. The van der Waals surface area contributed by atoms with Gasteiger partial charge in [0.1, 0.15) is 0 Å². The van der Waals surface area contributed by atoms with Crippen LogP contribution >= 0.6 is 23.4 Å². The number of hydrogen-bond acceptors (Lipinski definition) is 6. The molecule has 0 spiro atoms. The zero-order valence-electron chi connectivity index (χ0n) is 18.6. The second kappa shape index (κ2) is 9.92. The van der Waals surface area contributed by atoms with Crippen molar-refractivity contribution in [1.29, 1.82) is 0 Å². The number of benzene rings is 2. The molecule has 3 rings (SSSR count). The number of anilines is 1. The van der Waals surface area contributed by atoms with Crippen LogP contribution in [0.15, 0.2) is 46.4 Å². The number of rotatable bonds is 7. The summed E-state index contributed by atoms with van der Waals surface area (Å²) in [5, 5.41) is 15.4.